The molecule has 0 unspecified atom stereocenters. The zero-order chi connectivity index (χ0) is 18.9. The third-order valence-electron chi connectivity index (χ3n) is 3.70. The maximum atomic E-state index is 12.9. The van der Waals surface area contributed by atoms with E-state index in [1.807, 2.05) is 6.92 Å². The van der Waals surface area contributed by atoms with Crippen molar-refractivity contribution in [3.05, 3.63) is 65.0 Å². The van der Waals surface area contributed by atoms with E-state index < -0.39 is 0 Å². The van der Waals surface area contributed by atoms with Crippen molar-refractivity contribution in [3.8, 4) is 5.75 Å². The van der Waals surface area contributed by atoms with Crippen molar-refractivity contribution in [1.82, 2.24) is 5.32 Å². The van der Waals surface area contributed by atoms with E-state index in [-0.39, 0.29) is 11.7 Å². The van der Waals surface area contributed by atoms with Gasteiger partial charge in [-0.05, 0) is 48.7 Å². The molecule has 26 heavy (non-hydrogen) atoms. The summed E-state index contributed by atoms with van der Waals surface area (Å²) >= 11 is 0. The lowest BCUT2D eigenvalue weighted by Crippen LogP contribution is -2.23. The first-order valence-corrected chi connectivity index (χ1v) is 8.85. The van der Waals surface area contributed by atoms with Crippen LogP contribution in [0.25, 0.3) is 0 Å². The molecule has 0 aliphatic heterocycles. The minimum Gasteiger partial charge on any atom is -0.494 e. The van der Waals surface area contributed by atoms with Crippen LogP contribution in [0, 0.1) is 11.7 Å². The number of nitrogens with one attached hydrogen (secondary N) is 1. The molecule has 1 N–H and O–H groups in total. The number of benzene rings is 2. The summed E-state index contributed by atoms with van der Waals surface area (Å²) in [4.78, 5) is 12.4. The Morgan fingerprint density at radius 2 is 1.88 bits per heavy atom. The average Bonchev–Trinajstić information content (AvgIpc) is 2.62. The lowest BCUT2D eigenvalue weighted by atomic mass is 10.1. The highest BCUT2D eigenvalue weighted by Crippen LogP contribution is 2.22. The fourth-order valence-corrected chi connectivity index (χ4v) is 2.42. The SMILES string of the molecule is CCOc1ccc(C(=O)NCc2ccc(F)cc2)cc1COCC(C)C. The zero-order valence-electron chi connectivity index (χ0n) is 15.5. The third kappa shape index (κ3) is 6.15. The molecule has 0 aliphatic carbocycles. The van der Waals surface area contributed by atoms with Crippen LogP contribution in [0.5, 0.6) is 5.75 Å². The molecule has 2 rings (SSSR count). The zero-order valence-corrected chi connectivity index (χ0v) is 15.5. The van der Waals surface area contributed by atoms with E-state index in [4.69, 9.17) is 9.47 Å². The molecule has 2 aromatic rings. The van der Waals surface area contributed by atoms with Crippen LogP contribution in [0.1, 0.15) is 42.3 Å². The molecule has 0 fully saturated rings. The Morgan fingerprint density at radius 3 is 2.54 bits per heavy atom. The number of halogens is 1. The second-order valence-electron chi connectivity index (χ2n) is 6.47. The number of ether oxygens (including phenoxy) is 2. The Bertz CT molecular complexity index is 714. The van der Waals surface area contributed by atoms with Gasteiger partial charge in [-0.3, -0.25) is 4.79 Å². The van der Waals surface area contributed by atoms with E-state index in [0.717, 1.165) is 16.9 Å². The van der Waals surface area contributed by atoms with E-state index in [9.17, 15) is 9.18 Å². The first kappa shape index (κ1) is 19.9. The van der Waals surface area contributed by atoms with Gasteiger partial charge < -0.3 is 14.8 Å². The lowest BCUT2D eigenvalue weighted by molar-refractivity contribution is 0.0935. The molecule has 0 bridgehead atoms. The molecular formula is C21H26FNO3. The van der Waals surface area contributed by atoms with E-state index >= 15 is 0 Å². The molecule has 4 nitrogen and oxygen atoms in total. The highest BCUT2D eigenvalue weighted by molar-refractivity contribution is 5.94. The molecule has 0 atom stereocenters. The third-order valence-corrected chi connectivity index (χ3v) is 3.70. The van der Waals surface area contributed by atoms with Crippen LogP contribution in [-0.4, -0.2) is 19.1 Å². The minimum absolute atomic E-state index is 0.192. The highest BCUT2D eigenvalue weighted by atomic mass is 19.1. The Hall–Kier alpha value is -2.40. The maximum absolute atomic E-state index is 12.9. The molecule has 0 radical (unpaired) electrons. The summed E-state index contributed by atoms with van der Waals surface area (Å²) < 4.78 is 24.3. The normalized spacial score (nSPS) is 10.8. The van der Waals surface area contributed by atoms with E-state index in [1.54, 1.807) is 30.3 Å². The summed E-state index contributed by atoms with van der Waals surface area (Å²) in [5.41, 5.74) is 2.23. The average molecular weight is 359 g/mol. The van der Waals surface area contributed by atoms with Crippen molar-refractivity contribution >= 4 is 5.91 Å². The topological polar surface area (TPSA) is 47.6 Å². The smallest absolute Gasteiger partial charge is 0.251 e. The molecule has 0 saturated carbocycles. The summed E-state index contributed by atoms with van der Waals surface area (Å²) in [6, 6.07) is 11.4. The standard InChI is InChI=1S/C21H26FNO3/c1-4-26-20-10-7-17(11-18(20)14-25-13-15(2)3)21(24)23-12-16-5-8-19(22)9-6-16/h5-11,15H,4,12-14H2,1-3H3,(H,23,24). The van der Waals surface area contributed by atoms with Crippen molar-refractivity contribution in [2.75, 3.05) is 13.2 Å². The van der Waals surface area contributed by atoms with Crippen molar-refractivity contribution in [2.24, 2.45) is 5.92 Å². The predicted octanol–water partition coefficient (Wildman–Crippen LogP) is 4.33. The number of rotatable bonds is 9. The maximum Gasteiger partial charge on any atom is 0.251 e. The Kier molecular flexibility index (Phi) is 7.60. The number of amides is 1. The summed E-state index contributed by atoms with van der Waals surface area (Å²) in [7, 11) is 0. The monoisotopic (exact) mass is 359 g/mol. The van der Waals surface area contributed by atoms with Gasteiger partial charge in [-0.25, -0.2) is 4.39 Å². The van der Waals surface area contributed by atoms with Crippen LogP contribution in [-0.2, 0) is 17.9 Å². The molecular weight excluding hydrogens is 333 g/mol. The van der Waals surface area contributed by atoms with Gasteiger partial charge in [0.05, 0.1) is 13.2 Å². The first-order chi connectivity index (χ1) is 12.5. The van der Waals surface area contributed by atoms with E-state index in [1.165, 1.54) is 12.1 Å². The molecule has 2 aromatic carbocycles. The van der Waals surface area contributed by atoms with Crippen LogP contribution in [0.15, 0.2) is 42.5 Å². The summed E-state index contributed by atoms with van der Waals surface area (Å²) in [5, 5.41) is 2.84. The molecule has 0 saturated heterocycles. The van der Waals surface area contributed by atoms with Crippen molar-refractivity contribution in [3.63, 3.8) is 0 Å². The molecule has 1 amide bonds. The molecule has 0 aliphatic rings. The van der Waals surface area contributed by atoms with Crippen LogP contribution >= 0.6 is 0 Å². The lowest BCUT2D eigenvalue weighted by Gasteiger charge is -2.14. The van der Waals surface area contributed by atoms with Crippen molar-refractivity contribution < 1.29 is 18.7 Å². The Morgan fingerprint density at radius 1 is 1.15 bits per heavy atom. The van der Waals surface area contributed by atoms with Gasteiger partial charge in [0.2, 0.25) is 0 Å². The Balaban J connectivity index is 2.04. The number of hydrogen-bond acceptors (Lipinski definition) is 3. The number of hydrogen-bond donors (Lipinski definition) is 1. The second kappa shape index (κ2) is 9.92. The van der Waals surface area contributed by atoms with Crippen molar-refractivity contribution in [1.29, 1.82) is 0 Å². The Labute approximate surface area is 154 Å². The van der Waals surface area contributed by atoms with Crippen LogP contribution in [0.3, 0.4) is 0 Å². The predicted molar refractivity (Wildman–Crippen MR) is 99.7 cm³/mol. The van der Waals surface area contributed by atoms with Crippen molar-refractivity contribution in [2.45, 2.75) is 33.9 Å². The molecule has 0 heterocycles. The van der Waals surface area contributed by atoms with Gasteiger partial charge in [0.15, 0.2) is 0 Å². The van der Waals surface area contributed by atoms with Crippen LogP contribution in [0.2, 0.25) is 0 Å². The number of carbonyl (C=O) groups excluding carboxylic acids is 1. The minimum atomic E-state index is -0.294. The van der Waals surface area contributed by atoms with Gasteiger partial charge in [0, 0.05) is 24.3 Å². The largest absolute Gasteiger partial charge is 0.494 e. The molecule has 0 aromatic heterocycles. The van der Waals surface area contributed by atoms with Gasteiger partial charge in [-0.1, -0.05) is 26.0 Å². The fourth-order valence-electron chi connectivity index (χ4n) is 2.42. The van der Waals surface area contributed by atoms with Gasteiger partial charge in [0.1, 0.15) is 11.6 Å². The van der Waals surface area contributed by atoms with E-state index in [0.29, 0.717) is 37.8 Å². The quantitative estimate of drug-likeness (QED) is 0.725. The number of carbonyl (C=O) groups is 1. The highest BCUT2D eigenvalue weighted by Gasteiger charge is 2.11. The summed E-state index contributed by atoms with van der Waals surface area (Å²) in [5.74, 6) is 0.680. The first-order valence-electron chi connectivity index (χ1n) is 8.85. The summed E-state index contributed by atoms with van der Waals surface area (Å²) in [6.07, 6.45) is 0. The molecule has 140 valence electrons. The summed E-state index contributed by atoms with van der Waals surface area (Å²) in [6.45, 7) is 8.02. The molecule has 5 heteroatoms. The van der Waals surface area contributed by atoms with Gasteiger partial charge in [-0.15, -0.1) is 0 Å². The van der Waals surface area contributed by atoms with E-state index in [2.05, 4.69) is 19.2 Å². The van der Waals surface area contributed by atoms with Gasteiger partial charge >= 0.3 is 0 Å². The second-order valence-corrected chi connectivity index (χ2v) is 6.47. The van der Waals surface area contributed by atoms with Gasteiger partial charge in [0.25, 0.3) is 5.91 Å². The molecule has 0 spiro atoms. The van der Waals surface area contributed by atoms with Crippen LogP contribution in [0.4, 0.5) is 4.39 Å². The van der Waals surface area contributed by atoms with Gasteiger partial charge in [-0.2, -0.15) is 0 Å². The fraction of sp³-hybridized carbons (Fsp3) is 0.381. The van der Waals surface area contributed by atoms with Crippen LogP contribution < -0.4 is 10.1 Å².